The van der Waals surface area contributed by atoms with Gasteiger partial charge in [-0.05, 0) is 43.6 Å². The van der Waals surface area contributed by atoms with Gasteiger partial charge in [0.2, 0.25) is 5.91 Å². The molecule has 1 saturated heterocycles. The van der Waals surface area contributed by atoms with E-state index >= 15 is 0 Å². The second kappa shape index (κ2) is 7.41. The van der Waals surface area contributed by atoms with Crippen LogP contribution in [0.5, 0.6) is 0 Å². The molecule has 0 saturated carbocycles. The molecule has 0 aromatic heterocycles. The zero-order chi connectivity index (χ0) is 15.2. The Morgan fingerprint density at radius 1 is 1.19 bits per heavy atom. The lowest BCUT2D eigenvalue weighted by Gasteiger charge is -2.30. The van der Waals surface area contributed by atoms with Gasteiger partial charge in [0.15, 0.2) is 5.11 Å². The predicted octanol–water partition coefficient (Wildman–Crippen LogP) is 3.15. The highest BCUT2D eigenvalue weighted by molar-refractivity contribution is 7.80. The number of anilines is 2. The molecular weight excluding hydrogens is 282 g/mol. The summed E-state index contributed by atoms with van der Waals surface area (Å²) in [4.78, 5) is 14.1. The third-order valence-corrected chi connectivity index (χ3v) is 3.81. The van der Waals surface area contributed by atoms with Crippen LogP contribution in [0.3, 0.4) is 0 Å². The summed E-state index contributed by atoms with van der Waals surface area (Å²) in [7, 11) is 0. The van der Waals surface area contributed by atoms with Crippen LogP contribution in [0, 0.1) is 5.92 Å². The molecule has 0 aliphatic carbocycles. The Kier molecular flexibility index (Phi) is 5.56. The average Bonchev–Trinajstić information content (AvgIpc) is 2.48. The van der Waals surface area contributed by atoms with E-state index in [1.807, 2.05) is 32.0 Å². The predicted molar refractivity (Wildman–Crippen MR) is 91.7 cm³/mol. The molecule has 21 heavy (non-hydrogen) atoms. The lowest BCUT2D eigenvalue weighted by Crippen LogP contribution is -2.37. The Balaban J connectivity index is 2.05. The number of piperidine rings is 1. The number of hydrogen-bond acceptors (Lipinski definition) is 3. The number of amides is 1. The van der Waals surface area contributed by atoms with Gasteiger partial charge in [-0.1, -0.05) is 26.0 Å². The molecule has 1 aliphatic heterocycles. The van der Waals surface area contributed by atoms with Gasteiger partial charge in [0.05, 0.1) is 11.4 Å². The molecule has 1 fully saturated rings. The van der Waals surface area contributed by atoms with Crippen molar-refractivity contribution in [3.05, 3.63) is 24.3 Å². The van der Waals surface area contributed by atoms with Crippen molar-refractivity contribution in [3.8, 4) is 0 Å². The molecule has 2 rings (SSSR count). The number of hydrogen-bond donors (Lipinski definition) is 2. The molecule has 5 heteroatoms. The number of thiocarbonyl (C=S) groups is 1. The van der Waals surface area contributed by atoms with Crippen molar-refractivity contribution in [1.82, 2.24) is 5.32 Å². The van der Waals surface area contributed by atoms with E-state index in [0.29, 0.717) is 5.11 Å². The van der Waals surface area contributed by atoms with Crippen LogP contribution >= 0.6 is 12.2 Å². The smallest absolute Gasteiger partial charge is 0.228 e. The zero-order valence-electron chi connectivity index (χ0n) is 12.7. The van der Waals surface area contributed by atoms with E-state index in [-0.39, 0.29) is 11.8 Å². The van der Waals surface area contributed by atoms with E-state index in [1.54, 1.807) is 0 Å². The maximum absolute atomic E-state index is 11.7. The Labute approximate surface area is 131 Å². The molecule has 1 aliphatic rings. The number of carbonyl (C=O) groups is 1. The lowest BCUT2D eigenvalue weighted by atomic mass is 10.1. The van der Waals surface area contributed by atoms with Gasteiger partial charge in [-0.15, -0.1) is 0 Å². The number of carbonyl (C=O) groups excluding carboxylic acids is 1. The molecular formula is C16H23N3OS. The standard InChI is InChI=1S/C16H23N3OS/c1-12(2)15(20)18-16(21)17-13-8-4-5-9-14(13)19-10-6-3-7-11-19/h4-5,8-9,12H,3,6-7,10-11H2,1-2H3,(H2,17,18,20,21). The first-order valence-electron chi connectivity index (χ1n) is 7.54. The van der Waals surface area contributed by atoms with E-state index < -0.39 is 0 Å². The normalized spacial score (nSPS) is 14.9. The van der Waals surface area contributed by atoms with E-state index in [2.05, 4.69) is 21.6 Å². The van der Waals surface area contributed by atoms with Gasteiger partial charge >= 0.3 is 0 Å². The Morgan fingerprint density at radius 3 is 2.52 bits per heavy atom. The number of nitrogens with zero attached hydrogens (tertiary/aromatic N) is 1. The van der Waals surface area contributed by atoms with Gasteiger partial charge in [-0.3, -0.25) is 4.79 Å². The summed E-state index contributed by atoms with van der Waals surface area (Å²) in [5.41, 5.74) is 2.10. The highest BCUT2D eigenvalue weighted by atomic mass is 32.1. The van der Waals surface area contributed by atoms with Crippen LogP contribution in [-0.2, 0) is 4.79 Å². The fraction of sp³-hybridized carbons (Fsp3) is 0.500. The van der Waals surface area contributed by atoms with Crippen molar-refractivity contribution >= 4 is 34.6 Å². The fourth-order valence-electron chi connectivity index (χ4n) is 2.40. The maximum Gasteiger partial charge on any atom is 0.228 e. The van der Waals surface area contributed by atoms with Crippen LogP contribution < -0.4 is 15.5 Å². The summed E-state index contributed by atoms with van der Waals surface area (Å²) < 4.78 is 0. The number of para-hydroxylation sites is 2. The van der Waals surface area contributed by atoms with Gasteiger partial charge in [-0.25, -0.2) is 0 Å². The number of rotatable bonds is 3. The molecule has 4 nitrogen and oxygen atoms in total. The topological polar surface area (TPSA) is 44.4 Å². The van der Waals surface area contributed by atoms with Crippen molar-refractivity contribution in [2.75, 3.05) is 23.3 Å². The average molecular weight is 305 g/mol. The fourth-order valence-corrected chi connectivity index (χ4v) is 2.61. The molecule has 0 spiro atoms. The summed E-state index contributed by atoms with van der Waals surface area (Å²) in [5.74, 6) is -0.148. The van der Waals surface area contributed by atoms with Gasteiger partial charge in [0.1, 0.15) is 0 Å². The van der Waals surface area contributed by atoms with Crippen LogP contribution in [0.1, 0.15) is 33.1 Å². The highest BCUT2D eigenvalue weighted by Gasteiger charge is 2.15. The number of benzene rings is 1. The molecule has 0 radical (unpaired) electrons. The molecule has 1 amide bonds. The molecule has 2 N–H and O–H groups in total. The summed E-state index contributed by atoms with van der Waals surface area (Å²) in [6, 6.07) is 8.10. The Hall–Kier alpha value is -1.62. The van der Waals surface area contributed by atoms with Crippen LogP contribution in [0.25, 0.3) is 0 Å². The molecule has 1 heterocycles. The van der Waals surface area contributed by atoms with Crippen molar-refractivity contribution in [2.45, 2.75) is 33.1 Å². The Morgan fingerprint density at radius 2 is 1.86 bits per heavy atom. The van der Waals surface area contributed by atoms with Gasteiger partial charge in [-0.2, -0.15) is 0 Å². The molecule has 0 bridgehead atoms. The second-order valence-corrected chi connectivity index (χ2v) is 6.07. The monoisotopic (exact) mass is 305 g/mol. The van der Waals surface area contributed by atoms with Gasteiger partial charge in [0.25, 0.3) is 0 Å². The summed E-state index contributed by atoms with van der Waals surface area (Å²) in [6.07, 6.45) is 3.75. The first-order chi connectivity index (χ1) is 10.1. The largest absolute Gasteiger partial charge is 0.370 e. The van der Waals surface area contributed by atoms with E-state index in [0.717, 1.165) is 24.5 Å². The van der Waals surface area contributed by atoms with Crippen LogP contribution in [0.15, 0.2) is 24.3 Å². The van der Waals surface area contributed by atoms with Crippen LogP contribution in [0.4, 0.5) is 11.4 Å². The first kappa shape index (κ1) is 15.8. The molecule has 0 unspecified atom stereocenters. The molecule has 1 aromatic rings. The van der Waals surface area contributed by atoms with Crippen LogP contribution in [-0.4, -0.2) is 24.1 Å². The van der Waals surface area contributed by atoms with E-state index in [9.17, 15) is 4.79 Å². The van der Waals surface area contributed by atoms with Gasteiger partial charge in [0, 0.05) is 19.0 Å². The summed E-state index contributed by atoms with van der Waals surface area (Å²) in [6.45, 7) is 5.84. The molecule has 114 valence electrons. The van der Waals surface area contributed by atoms with E-state index in [4.69, 9.17) is 12.2 Å². The van der Waals surface area contributed by atoms with Crippen molar-refractivity contribution in [2.24, 2.45) is 5.92 Å². The van der Waals surface area contributed by atoms with Gasteiger partial charge < -0.3 is 15.5 Å². The molecule has 1 aromatic carbocycles. The minimum absolute atomic E-state index is 0.0667. The maximum atomic E-state index is 11.7. The first-order valence-corrected chi connectivity index (χ1v) is 7.94. The summed E-state index contributed by atoms with van der Waals surface area (Å²) in [5, 5.41) is 6.23. The van der Waals surface area contributed by atoms with Crippen molar-refractivity contribution < 1.29 is 4.79 Å². The third-order valence-electron chi connectivity index (χ3n) is 3.61. The minimum Gasteiger partial charge on any atom is -0.370 e. The lowest BCUT2D eigenvalue weighted by molar-refractivity contribution is -0.122. The number of nitrogens with one attached hydrogen (secondary N) is 2. The highest BCUT2D eigenvalue weighted by Crippen LogP contribution is 2.28. The quantitative estimate of drug-likeness (QED) is 0.842. The van der Waals surface area contributed by atoms with Crippen molar-refractivity contribution in [1.29, 1.82) is 0 Å². The summed E-state index contributed by atoms with van der Waals surface area (Å²) >= 11 is 5.23. The van der Waals surface area contributed by atoms with Crippen LogP contribution in [0.2, 0.25) is 0 Å². The second-order valence-electron chi connectivity index (χ2n) is 5.66. The zero-order valence-corrected chi connectivity index (χ0v) is 13.5. The third kappa shape index (κ3) is 4.43. The Bertz CT molecular complexity index is 510. The minimum atomic E-state index is -0.0814. The SMILES string of the molecule is CC(C)C(=O)NC(=S)Nc1ccccc1N1CCCCC1. The van der Waals surface area contributed by atoms with Crippen molar-refractivity contribution in [3.63, 3.8) is 0 Å². The van der Waals surface area contributed by atoms with E-state index in [1.165, 1.54) is 19.3 Å². The molecule has 0 atom stereocenters.